The molecule has 0 spiro atoms. The number of carbonyl (C=O) groups excluding carboxylic acids is 1. The predicted molar refractivity (Wildman–Crippen MR) is 70.9 cm³/mol. The quantitative estimate of drug-likeness (QED) is 0.880. The summed E-state index contributed by atoms with van der Waals surface area (Å²) in [6, 6.07) is 2.21. The lowest BCUT2D eigenvalue weighted by atomic mass is 10.1. The van der Waals surface area contributed by atoms with E-state index in [1.807, 2.05) is 13.0 Å². The summed E-state index contributed by atoms with van der Waals surface area (Å²) >= 11 is 3.39. The van der Waals surface area contributed by atoms with Crippen LogP contribution >= 0.6 is 15.9 Å². The number of nitrogens with zero attached hydrogens (tertiary/aromatic N) is 1. The highest BCUT2D eigenvalue weighted by Crippen LogP contribution is 2.19. The van der Waals surface area contributed by atoms with Gasteiger partial charge in [-0.25, -0.2) is 4.98 Å². The van der Waals surface area contributed by atoms with Crippen molar-refractivity contribution in [3.8, 4) is 0 Å². The molecule has 4 nitrogen and oxygen atoms in total. The SMILES string of the molecule is Cc1cc(Br)cnc1NC1CCCNC(=O)C1. The van der Waals surface area contributed by atoms with Crippen LogP contribution in [0, 0.1) is 6.92 Å². The van der Waals surface area contributed by atoms with Gasteiger partial charge in [0.15, 0.2) is 0 Å². The Bertz CT molecular complexity index is 422. The van der Waals surface area contributed by atoms with Crippen molar-refractivity contribution in [2.75, 3.05) is 11.9 Å². The van der Waals surface area contributed by atoms with E-state index in [1.54, 1.807) is 6.20 Å². The summed E-state index contributed by atoms with van der Waals surface area (Å²) in [6.45, 7) is 2.79. The molecule has 1 amide bonds. The van der Waals surface area contributed by atoms with Gasteiger partial charge >= 0.3 is 0 Å². The van der Waals surface area contributed by atoms with Crippen LogP contribution in [0.1, 0.15) is 24.8 Å². The van der Waals surface area contributed by atoms with Gasteiger partial charge in [0, 0.05) is 29.7 Å². The van der Waals surface area contributed by atoms with Gasteiger partial charge in [-0.15, -0.1) is 0 Å². The van der Waals surface area contributed by atoms with Crippen molar-refractivity contribution in [1.29, 1.82) is 0 Å². The standard InChI is InChI=1S/C12H16BrN3O/c1-8-5-9(13)7-15-12(8)16-10-3-2-4-14-11(17)6-10/h5,7,10H,2-4,6H2,1H3,(H,14,17)(H,15,16). The minimum Gasteiger partial charge on any atom is -0.367 e. The third-order valence-corrected chi connectivity index (χ3v) is 3.30. The average Bonchev–Trinajstić information content (AvgIpc) is 2.47. The highest BCUT2D eigenvalue weighted by atomic mass is 79.9. The second-order valence-corrected chi connectivity index (χ2v) is 5.27. The van der Waals surface area contributed by atoms with Crippen molar-refractivity contribution in [2.24, 2.45) is 0 Å². The monoisotopic (exact) mass is 297 g/mol. The molecule has 0 saturated carbocycles. The Morgan fingerprint density at radius 1 is 1.59 bits per heavy atom. The molecule has 0 bridgehead atoms. The fraction of sp³-hybridized carbons (Fsp3) is 0.500. The zero-order chi connectivity index (χ0) is 12.3. The van der Waals surface area contributed by atoms with Gasteiger partial charge in [0.2, 0.25) is 5.91 Å². The minimum atomic E-state index is 0.120. The van der Waals surface area contributed by atoms with E-state index in [9.17, 15) is 4.79 Å². The van der Waals surface area contributed by atoms with Gasteiger partial charge < -0.3 is 10.6 Å². The number of nitrogens with one attached hydrogen (secondary N) is 2. The molecule has 1 aromatic rings. The molecular formula is C12H16BrN3O. The molecule has 5 heteroatoms. The molecule has 92 valence electrons. The van der Waals surface area contributed by atoms with Gasteiger partial charge in [-0.1, -0.05) is 0 Å². The van der Waals surface area contributed by atoms with Crippen molar-refractivity contribution in [2.45, 2.75) is 32.2 Å². The van der Waals surface area contributed by atoms with E-state index in [0.29, 0.717) is 6.42 Å². The van der Waals surface area contributed by atoms with E-state index < -0.39 is 0 Å². The Labute approximate surface area is 109 Å². The lowest BCUT2D eigenvalue weighted by molar-refractivity contribution is -0.120. The first-order valence-corrected chi connectivity index (χ1v) is 6.60. The molecule has 1 atom stereocenters. The summed E-state index contributed by atoms with van der Waals surface area (Å²) in [7, 11) is 0. The van der Waals surface area contributed by atoms with E-state index in [4.69, 9.17) is 0 Å². The van der Waals surface area contributed by atoms with Crippen LogP contribution in [0.2, 0.25) is 0 Å². The number of aromatic nitrogens is 1. The molecule has 0 aliphatic carbocycles. The number of aryl methyl sites for hydroxylation is 1. The largest absolute Gasteiger partial charge is 0.367 e. The number of carbonyl (C=O) groups is 1. The molecule has 1 aliphatic rings. The molecule has 2 rings (SSSR count). The maximum atomic E-state index is 11.4. The Morgan fingerprint density at radius 2 is 2.41 bits per heavy atom. The number of amides is 1. The van der Waals surface area contributed by atoms with E-state index in [-0.39, 0.29) is 11.9 Å². The van der Waals surface area contributed by atoms with Gasteiger partial charge in [0.25, 0.3) is 0 Å². The molecule has 17 heavy (non-hydrogen) atoms. The maximum absolute atomic E-state index is 11.4. The molecule has 1 aromatic heterocycles. The summed E-state index contributed by atoms with van der Waals surface area (Å²) in [4.78, 5) is 15.8. The first kappa shape index (κ1) is 12.4. The van der Waals surface area contributed by atoms with Gasteiger partial charge in [0.05, 0.1) is 0 Å². The van der Waals surface area contributed by atoms with E-state index in [0.717, 1.165) is 35.2 Å². The molecule has 0 radical (unpaired) electrons. The third-order valence-electron chi connectivity index (χ3n) is 2.87. The first-order valence-electron chi connectivity index (χ1n) is 5.80. The lowest BCUT2D eigenvalue weighted by Gasteiger charge is -2.17. The molecular weight excluding hydrogens is 282 g/mol. The molecule has 1 unspecified atom stereocenters. The van der Waals surface area contributed by atoms with Crippen LogP contribution in [-0.2, 0) is 4.79 Å². The number of hydrogen-bond acceptors (Lipinski definition) is 3. The molecule has 2 heterocycles. The Balaban J connectivity index is 2.06. The fourth-order valence-corrected chi connectivity index (χ4v) is 2.43. The van der Waals surface area contributed by atoms with E-state index in [2.05, 4.69) is 31.5 Å². The summed E-state index contributed by atoms with van der Waals surface area (Å²) in [5.74, 6) is 0.989. The molecule has 1 aliphatic heterocycles. The van der Waals surface area contributed by atoms with Crippen LogP contribution in [0.4, 0.5) is 5.82 Å². The zero-order valence-electron chi connectivity index (χ0n) is 9.79. The van der Waals surface area contributed by atoms with Gasteiger partial charge in [0.1, 0.15) is 5.82 Å². The Hall–Kier alpha value is -1.10. The normalized spacial score (nSPS) is 20.6. The summed E-state index contributed by atoms with van der Waals surface area (Å²) < 4.78 is 0.971. The second kappa shape index (κ2) is 5.49. The van der Waals surface area contributed by atoms with Crippen LogP contribution in [0.5, 0.6) is 0 Å². The molecule has 0 aromatic carbocycles. The average molecular weight is 298 g/mol. The highest BCUT2D eigenvalue weighted by Gasteiger charge is 2.17. The summed E-state index contributed by atoms with van der Waals surface area (Å²) in [5.41, 5.74) is 1.09. The van der Waals surface area contributed by atoms with Crippen LogP contribution < -0.4 is 10.6 Å². The van der Waals surface area contributed by atoms with Gasteiger partial charge in [-0.05, 0) is 47.3 Å². The number of pyridine rings is 1. The first-order chi connectivity index (χ1) is 8.15. The zero-order valence-corrected chi connectivity index (χ0v) is 11.4. The third kappa shape index (κ3) is 3.43. The van der Waals surface area contributed by atoms with Crippen molar-refractivity contribution < 1.29 is 4.79 Å². The van der Waals surface area contributed by atoms with Crippen molar-refractivity contribution in [1.82, 2.24) is 10.3 Å². The van der Waals surface area contributed by atoms with Crippen LogP contribution in [0.3, 0.4) is 0 Å². The molecule has 1 fully saturated rings. The number of halogens is 1. The number of anilines is 1. The maximum Gasteiger partial charge on any atom is 0.222 e. The van der Waals surface area contributed by atoms with Crippen LogP contribution in [0.25, 0.3) is 0 Å². The van der Waals surface area contributed by atoms with Gasteiger partial charge in [-0.2, -0.15) is 0 Å². The van der Waals surface area contributed by atoms with Crippen LogP contribution in [0.15, 0.2) is 16.7 Å². The molecule has 1 saturated heterocycles. The minimum absolute atomic E-state index is 0.120. The fourth-order valence-electron chi connectivity index (χ4n) is 1.98. The second-order valence-electron chi connectivity index (χ2n) is 4.36. The summed E-state index contributed by atoms with van der Waals surface area (Å²) in [6.07, 6.45) is 4.30. The molecule has 2 N–H and O–H groups in total. The van der Waals surface area contributed by atoms with Gasteiger partial charge in [-0.3, -0.25) is 4.79 Å². The van der Waals surface area contributed by atoms with Crippen LogP contribution in [-0.4, -0.2) is 23.5 Å². The number of rotatable bonds is 2. The Kier molecular flexibility index (Phi) is 3.99. The smallest absolute Gasteiger partial charge is 0.222 e. The lowest BCUT2D eigenvalue weighted by Crippen LogP contribution is -2.27. The number of hydrogen-bond donors (Lipinski definition) is 2. The topological polar surface area (TPSA) is 54.0 Å². The van der Waals surface area contributed by atoms with Crippen molar-refractivity contribution in [3.63, 3.8) is 0 Å². The Morgan fingerprint density at radius 3 is 3.18 bits per heavy atom. The van der Waals surface area contributed by atoms with E-state index >= 15 is 0 Å². The highest BCUT2D eigenvalue weighted by molar-refractivity contribution is 9.10. The van der Waals surface area contributed by atoms with Crippen molar-refractivity contribution >= 4 is 27.7 Å². The predicted octanol–water partition coefficient (Wildman–Crippen LogP) is 2.23. The van der Waals surface area contributed by atoms with E-state index in [1.165, 1.54) is 0 Å². The van der Waals surface area contributed by atoms with Crippen molar-refractivity contribution in [3.05, 3.63) is 22.3 Å². The summed E-state index contributed by atoms with van der Waals surface area (Å²) in [5, 5.41) is 6.23.